The number of carbonyl (C=O) groups is 1. The molecule has 2 rings (SSSR count). The van der Waals surface area contributed by atoms with Gasteiger partial charge in [0.2, 0.25) is 0 Å². The molecule has 0 fully saturated rings. The van der Waals surface area contributed by atoms with Gasteiger partial charge in [0.05, 0.1) is 30.3 Å². The van der Waals surface area contributed by atoms with Gasteiger partial charge in [0.1, 0.15) is 18.2 Å². The van der Waals surface area contributed by atoms with Gasteiger partial charge >= 0.3 is 5.97 Å². The summed E-state index contributed by atoms with van der Waals surface area (Å²) in [5.74, 6) is -0.998. The molecule has 0 saturated heterocycles. The Morgan fingerprint density at radius 1 is 1.23 bits per heavy atom. The van der Waals surface area contributed by atoms with Gasteiger partial charge in [0, 0.05) is 16.2 Å². The molecule has 166 valence electrons. The van der Waals surface area contributed by atoms with Crippen molar-refractivity contribution in [1.29, 1.82) is 0 Å². The number of benzene rings is 1. The standard InChI is InChI=1S/C23H25FO6S/c1-5-18(30-16(4)28-13-11-27-12-14-29-20(25)6-2)23-21(15(3)24)22(26)17-9-7-8-10-19(17)31-23/h5-10,16H,2-3,11-14H2,1,4H3. The number of allylic oxidation sites excluding steroid dienone is 1. The Morgan fingerprint density at radius 3 is 2.61 bits per heavy atom. The molecule has 1 aromatic heterocycles. The van der Waals surface area contributed by atoms with Crippen LogP contribution in [0, 0.1) is 0 Å². The fourth-order valence-corrected chi connectivity index (χ4v) is 3.87. The Bertz CT molecular complexity index is 1030. The summed E-state index contributed by atoms with van der Waals surface area (Å²) in [4.78, 5) is 24.1. The normalized spacial score (nSPS) is 12.4. The summed E-state index contributed by atoms with van der Waals surface area (Å²) in [6, 6.07) is 7.00. The maximum atomic E-state index is 14.2. The fourth-order valence-electron chi connectivity index (χ4n) is 2.66. The molecule has 0 N–H and O–H groups in total. The molecule has 6 nitrogen and oxygen atoms in total. The third kappa shape index (κ3) is 6.85. The molecule has 2 aromatic rings. The number of hydrogen-bond acceptors (Lipinski definition) is 7. The van der Waals surface area contributed by atoms with E-state index in [0.29, 0.717) is 16.0 Å². The fraction of sp³-hybridized carbons (Fsp3) is 0.304. The number of halogens is 1. The van der Waals surface area contributed by atoms with Crippen LogP contribution in [0.15, 0.2) is 54.4 Å². The van der Waals surface area contributed by atoms with Crippen LogP contribution in [-0.2, 0) is 23.7 Å². The van der Waals surface area contributed by atoms with Crippen molar-refractivity contribution in [1.82, 2.24) is 0 Å². The van der Waals surface area contributed by atoms with E-state index in [2.05, 4.69) is 13.2 Å². The second-order valence-corrected chi connectivity index (χ2v) is 7.28. The van der Waals surface area contributed by atoms with E-state index in [0.717, 1.165) is 10.8 Å². The third-order valence-electron chi connectivity index (χ3n) is 4.07. The first-order valence-electron chi connectivity index (χ1n) is 9.61. The van der Waals surface area contributed by atoms with Crippen molar-refractivity contribution in [3.8, 4) is 0 Å². The zero-order chi connectivity index (χ0) is 22.8. The summed E-state index contributed by atoms with van der Waals surface area (Å²) in [6.07, 6.45) is 2.05. The summed E-state index contributed by atoms with van der Waals surface area (Å²) in [6.45, 7) is 10.9. The minimum absolute atomic E-state index is 0.110. The number of carbonyl (C=O) groups excluding carboxylic acids is 1. The number of rotatable bonds is 12. The summed E-state index contributed by atoms with van der Waals surface area (Å²) in [5, 5.41) is 0.431. The van der Waals surface area contributed by atoms with Crippen LogP contribution in [0.4, 0.5) is 4.39 Å². The van der Waals surface area contributed by atoms with Gasteiger partial charge in [0.25, 0.3) is 0 Å². The van der Waals surface area contributed by atoms with E-state index in [9.17, 15) is 14.0 Å². The number of esters is 1. The maximum absolute atomic E-state index is 14.2. The predicted molar refractivity (Wildman–Crippen MR) is 120 cm³/mol. The van der Waals surface area contributed by atoms with Crippen LogP contribution in [-0.4, -0.2) is 38.7 Å². The summed E-state index contributed by atoms with van der Waals surface area (Å²) < 4.78 is 36.4. The van der Waals surface area contributed by atoms with Gasteiger partial charge in [-0.05, 0) is 32.1 Å². The Hall–Kier alpha value is -2.81. The van der Waals surface area contributed by atoms with Crippen molar-refractivity contribution in [3.05, 3.63) is 70.2 Å². The largest absolute Gasteiger partial charge is 0.464 e. The minimum atomic E-state index is -0.816. The van der Waals surface area contributed by atoms with Gasteiger partial charge in [0.15, 0.2) is 11.7 Å². The Kier molecular flexibility index (Phi) is 9.58. The van der Waals surface area contributed by atoms with Gasteiger partial charge < -0.3 is 18.9 Å². The predicted octanol–water partition coefficient (Wildman–Crippen LogP) is 4.69. The molecule has 1 unspecified atom stereocenters. The Balaban J connectivity index is 2.00. The van der Waals surface area contributed by atoms with Gasteiger partial charge in [-0.2, -0.15) is 0 Å². The quantitative estimate of drug-likeness (QED) is 0.154. The average Bonchev–Trinajstić information content (AvgIpc) is 2.76. The zero-order valence-electron chi connectivity index (χ0n) is 17.5. The highest BCUT2D eigenvalue weighted by atomic mass is 32.1. The topological polar surface area (TPSA) is 71.1 Å². The molecule has 1 heterocycles. The second kappa shape index (κ2) is 12.1. The number of hydrogen-bond donors (Lipinski definition) is 0. The summed E-state index contributed by atoms with van der Waals surface area (Å²) in [7, 11) is 0. The zero-order valence-corrected chi connectivity index (χ0v) is 18.3. The first kappa shape index (κ1) is 24.5. The Morgan fingerprint density at radius 2 is 1.94 bits per heavy atom. The molecule has 8 heteroatoms. The summed E-state index contributed by atoms with van der Waals surface area (Å²) in [5.41, 5.74) is -0.541. The molecule has 0 aliphatic rings. The van der Waals surface area contributed by atoms with E-state index in [-0.39, 0.29) is 32.0 Å². The molecule has 0 bridgehead atoms. The van der Waals surface area contributed by atoms with Crippen LogP contribution in [0.3, 0.4) is 0 Å². The van der Waals surface area contributed by atoms with Crippen LogP contribution >= 0.6 is 11.3 Å². The highest BCUT2D eigenvalue weighted by molar-refractivity contribution is 7.19. The molecule has 1 atom stereocenters. The molecule has 0 aliphatic heterocycles. The lowest BCUT2D eigenvalue weighted by Crippen LogP contribution is -2.18. The van der Waals surface area contributed by atoms with Crippen LogP contribution < -0.4 is 5.43 Å². The lowest BCUT2D eigenvalue weighted by atomic mass is 10.1. The minimum Gasteiger partial charge on any atom is -0.464 e. The van der Waals surface area contributed by atoms with Gasteiger partial charge in [-0.25, -0.2) is 9.18 Å². The monoisotopic (exact) mass is 448 g/mol. The molecule has 0 aliphatic carbocycles. The van der Waals surface area contributed by atoms with Crippen LogP contribution in [0.1, 0.15) is 24.3 Å². The molecule has 0 spiro atoms. The van der Waals surface area contributed by atoms with Crippen LogP contribution in [0.2, 0.25) is 0 Å². The lowest BCUT2D eigenvalue weighted by Gasteiger charge is -2.19. The number of fused-ring (bicyclic) bond motifs is 1. The van der Waals surface area contributed by atoms with Gasteiger partial charge in [-0.15, -0.1) is 11.3 Å². The van der Waals surface area contributed by atoms with E-state index < -0.39 is 23.5 Å². The molecule has 0 radical (unpaired) electrons. The highest BCUT2D eigenvalue weighted by Crippen LogP contribution is 2.32. The molecule has 0 saturated carbocycles. The van der Waals surface area contributed by atoms with Crippen molar-refractivity contribution < 1.29 is 28.1 Å². The van der Waals surface area contributed by atoms with E-state index in [1.54, 1.807) is 38.1 Å². The van der Waals surface area contributed by atoms with Crippen molar-refractivity contribution in [2.24, 2.45) is 0 Å². The van der Waals surface area contributed by atoms with Crippen molar-refractivity contribution in [2.75, 3.05) is 26.4 Å². The second-order valence-electron chi connectivity index (χ2n) is 6.23. The van der Waals surface area contributed by atoms with Crippen molar-refractivity contribution in [3.63, 3.8) is 0 Å². The number of ether oxygens (including phenoxy) is 4. The van der Waals surface area contributed by atoms with Gasteiger partial charge in [-0.1, -0.05) is 25.3 Å². The van der Waals surface area contributed by atoms with Gasteiger partial charge in [-0.3, -0.25) is 4.79 Å². The van der Waals surface area contributed by atoms with Crippen molar-refractivity contribution >= 4 is 39.0 Å². The smallest absolute Gasteiger partial charge is 0.330 e. The average molecular weight is 449 g/mol. The third-order valence-corrected chi connectivity index (χ3v) is 5.25. The van der Waals surface area contributed by atoms with E-state index >= 15 is 0 Å². The molecule has 1 aromatic carbocycles. The molecule has 0 amide bonds. The van der Waals surface area contributed by atoms with E-state index in [1.807, 2.05) is 6.07 Å². The van der Waals surface area contributed by atoms with Crippen molar-refractivity contribution in [2.45, 2.75) is 20.1 Å². The van der Waals surface area contributed by atoms with E-state index in [4.69, 9.17) is 18.9 Å². The molecule has 31 heavy (non-hydrogen) atoms. The molecular formula is C23H25FO6S. The van der Waals surface area contributed by atoms with Crippen LogP contribution in [0.25, 0.3) is 21.7 Å². The SMILES string of the molecule is C=CC(=O)OCCOCCOC(C)OC(=CC)c1sc2ccccc2c(=O)c1C(=C)F. The summed E-state index contributed by atoms with van der Waals surface area (Å²) >= 11 is 1.25. The first-order valence-corrected chi connectivity index (χ1v) is 10.4. The lowest BCUT2D eigenvalue weighted by molar-refractivity contribution is -0.139. The molecular weight excluding hydrogens is 423 g/mol. The first-order chi connectivity index (χ1) is 14.9. The van der Waals surface area contributed by atoms with Crippen LogP contribution in [0.5, 0.6) is 0 Å². The Labute approximate surface area is 184 Å². The highest BCUT2D eigenvalue weighted by Gasteiger charge is 2.20. The van der Waals surface area contributed by atoms with E-state index in [1.165, 1.54) is 11.3 Å². The maximum Gasteiger partial charge on any atom is 0.330 e.